The lowest BCUT2D eigenvalue weighted by atomic mass is 10.1. The lowest BCUT2D eigenvalue weighted by molar-refractivity contribution is 0.0924. The second-order valence-corrected chi connectivity index (χ2v) is 9.46. The number of hydrogen-bond acceptors (Lipinski definition) is 4. The Kier molecular flexibility index (Phi) is 4.96. The number of carbonyl (C=O) groups is 1. The third-order valence-corrected chi connectivity index (χ3v) is 7.07. The summed E-state index contributed by atoms with van der Waals surface area (Å²) in [6, 6.07) is 26.5. The number of nitrogens with one attached hydrogen (secondary N) is 1. The van der Waals surface area contributed by atoms with Crippen molar-refractivity contribution in [1.29, 1.82) is 0 Å². The van der Waals surface area contributed by atoms with E-state index in [2.05, 4.69) is 47.3 Å². The summed E-state index contributed by atoms with van der Waals surface area (Å²) in [5, 5.41) is 8.68. The van der Waals surface area contributed by atoms with Gasteiger partial charge in [-0.3, -0.25) is 4.79 Å². The van der Waals surface area contributed by atoms with Crippen molar-refractivity contribution in [1.82, 2.24) is 19.7 Å². The van der Waals surface area contributed by atoms with E-state index in [0.717, 1.165) is 54.7 Å². The topological polar surface area (TPSA) is 63.6 Å². The molecule has 166 valence electrons. The molecule has 0 aliphatic heterocycles. The quantitative estimate of drug-likeness (QED) is 0.293. The molecule has 0 fully saturated rings. The predicted octanol–water partition coefficient (Wildman–Crippen LogP) is 6.78. The number of aromatic nitrogens is 4. The molecular formula is C28H22N4OS. The summed E-state index contributed by atoms with van der Waals surface area (Å²) in [4.78, 5) is 21.7. The van der Waals surface area contributed by atoms with E-state index in [9.17, 15) is 4.79 Å². The summed E-state index contributed by atoms with van der Waals surface area (Å²) in [5.74, 6) is 0.186. The maximum atomic E-state index is 13.1. The molecule has 6 aromatic rings. The number of fused-ring (bicyclic) bond motifs is 5. The zero-order chi connectivity index (χ0) is 23.2. The smallest absolute Gasteiger partial charge is 0.257 e. The van der Waals surface area contributed by atoms with E-state index in [1.54, 1.807) is 0 Å². The molecule has 1 N–H and O–H groups in total. The first kappa shape index (κ1) is 20.7. The van der Waals surface area contributed by atoms with Crippen LogP contribution in [0.4, 0.5) is 0 Å². The first-order chi connectivity index (χ1) is 16.6. The number of pyridine rings is 1. The van der Waals surface area contributed by atoms with Crippen molar-refractivity contribution < 1.29 is 4.79 Å². The second-order valence-electron chi connectivity index (χ2n) is 8.49. The van der Waals surface area contributed by atoms with Crippen LogP contribution in [-0.2, 0) is 0 Å². The van der Waals surface area contributed by atoms with Gasteiger partial charge in [-0.25, -0.2) is 9.67 Å². The van der Waals surface area contributed by atoms with E-state index in [0.29, 0.717) is 0 Å². The summed E-state index contributed by atoms with van der Waals surface area (Å²) < 4.78 is 1.51. The van der Waals surface area contributed by atoms with Gasteiger partial charge in [0, 0.05) is 32.9 Å². The fourth-order valence-corrected chi connectivity index (χ4v) is 5.30. The molecule has 0 spiro atoms. The molecule has 0 unspecified atom stereocenters. The molecule has 0 atom stereocenters. The minimum atomic E-state index is -0.0644. The van der Waals surface area contributed by atoms with E-state index < -0.39 is 0 Å². The molecule has 6 heteroatoms. The lowest BCUT2D eigenvalue weighted by Gasteiger charge is -2.08. The molecule has 0 amide bonds. The van der Waals surface area contributed by atoms with Crippen LogP contribution in [0.3, 0.4) is 0 Å². The standard InChI is InChI=1S/C28H22N4OS/c1-17-12-13-23-22(14-17)27-26(29-23)20-10-6-7-11-21(20)28(30-27)34-16-25(33)32-18(2)15-24(31-32)19-8-4-3-5-9-19/h3-15,29H,16H2,1-2H3. The zero-order valence-corrected chi connectivity index (χ0v) is 19.7. The number of H-pyrrole nitrogens is 1. The molecule has 0 saturated heterocycles. The Morgan fingerprint density at radius 1 is 0.912 bits per heavy atom. The van der Waals surface area contributed by atoms with Crippen LogP contribution in [0.15, 0.2) is 83.9 Å². The molecule has 0 bridgehead atoms. The number of hydrogen-bond donors (Lipinski definition) is 1. The van der Waals surface area contributed by atoms with Gasteiger partial charge < -0.3 is 4.98 Å². The number of carbonyl (C=O) groups excluding carboxylic acids is 1. The van der Waals surface area contributed by atoms with Crippen LogP contribution in [0, 0.1) is 13.8 Å². The normalized spacial score (nSPS) is 11.6. The van der Waals surface area contributed by atoms with E-state index in [1.165, 1.54) is 22.0 Å². The summed E-state index contributed by atoms with van der Waals surface area (Å²) in [6.07, 6.45) is 0. The van der Waals surface area contributed by atoms with Gasteiger partial charge in [0.05, 0.1) is 22.5 Å². The number of aromatic amines is 1. The van der Waals surface area contributed by atoms with Gasteiger partial charge in [0.2, 0.25) is 0 Å². The molecule has 34 heavy (non-hydrogen) atoms. The number of nitrogens with zero attached hydrogens (tertiary/aromatic N) is 3. The molecule has 0 aliphatic rings. The SMILES string of the molecule is Cc1ccc2[nH]c3c4ccccc4c(SCC(=O)n4nc(-c5ccccc5)cc4C)nc3c2c1. The fourth-order valence-electron chi connectivity index (χ4n) is 4.43. The third kappa shape index (κ3) is 3.47. The molecule has 6 rings (SSSR count). The van der Waals surface area contributed by atoms with Crippen LogP contribution >= 0.6 is 11.8 Å². The van der Waals surface area contributed by atoms with E-state index >= 15 is 0 Å². The van der Waals surface area contributed by atoms with Crippen LogP contribution in [-0.4, -0.2) is 31.4 Å². The Morgan fingerprint density at radius 2 is 1.68 bits per heavy atom. The third-order valence-electron chi connectivity index (χ3n) is 6.09. The average molecular weight is 463 g/mol. The lowest BCUT2D eigenvalue weighted by Crippen LogP contribution is -2.16. The predicted molar refractivity (Wildman–Crippen MR) is 140 cm³/mol. The van der Waals surface area contributed by atoms with Crippen LogP contribution in [0.5, 0.6) is 0 Å². The molecule has 0 aliphatic carbocycles. The molecular weight excluding hydrogens is 440 g/mol. The molecule has 0 radical (unpaired) electrons. The van der Waals surface area contributed by atoms with Crippen molar-refractivity contribution >= 4 is 50.4 Å². The van der Waals surface area contributed by atoms with Crippen molar-refractivity contribution in [2.24, 2.45) is 0 Å². The Bertz CT molecular complexity index is 1700. The maximum absolute atomic E-state index is 13.1. The monoisotopic (exact) mass is 462 g/mol. The largest absolute Gasteiger partial charge is 0.353 e. The van der Waals surface area contributed by atoms with Crippen molar-refractivity contribution in [2.75, 3.05) is 5.75 Å². The highest BCUT2D eigenvalue weighted by Gasteiger charge is 2.17. The number of rotatable bonds is 4. The van der Waals surface area contributed by atoms with E-state index in [1.807, 2.05) is 55.5 Å². The Balaban J connectivity index is 1.37. The Labute approximate surface area is 200 Å². The minimum absolute atomic E-state index is 0.0644. The van der Waals surface area contributed by atoms with Gasteiger partial charge in [-0.2, -0.15) is 5.10 Å². The minimum Gasteiger partial charge on any atom is -0.353 e. The second kappa shape index (κ2) is 8.15. The first-order valence-corrected chi connectivity index (χ1v) is 12.2. The van der Waals surface area contributed by atoms with Gasteiger partial charge in [0.1, 0.15) is 5.03 Å². The van der Waals surface area contributed by atoms with E-state index in [4.69, 9.17) is 4.98 Å². The number of thioether (sulfide) groups is 1. The molecule has 3 aromatic carbocycles. The maximum Gasteiger partial charge on any atom is 0.257 e. The molecule has 3 heterocycles. The fraction of sp³-hybridized carbons (Fsp3) is 0.107. The first-order valence-electron chi connectivity index (χ1n) is 11.2. The van der Waals surface area contributed by atoms with Gasteiger partial charge in [-0.05, 0) is 32.0 Å². The Hall–Kier alpha value is -3.90. The number of aryl methyl sites for hydroxylation is 2. The van der Waals surface area contributed by atoms with Gasteiger partial charge in [-0.15, -0.1) is 0 Å². The van der Waals surface area contributed by atoms with Crippen molar-refractivity contribution in [3.8, 4) is 11.3 Å². The van der Waals surface area contributed by atoms with Crippen molar-refractivity contribution in [3.63, 3.8) is 0 Å². The van der Waals surface area contributed by atoms with Gasteiger partial charge in [0.15, 0.2) is 0 Å². The average Bonchev–Trinajstić information content (AvgIpc) is 3.43. The summed E-state index contributed by atoms with van der Waals surface area (Å²) in [6.45, 7) is 4.00. The highest BCUT2D eigenvalue weighted by molar-refractivity contribution is 8.00. The van der Waals surface area contributed by atoms with Gasteiger partial charge >= 0.3 is 0 Å². The molecule has 3 aromatic heterocycles. The van der Waals surface area contributed by atoms with Crippen molar-refractivity contribution in [3.05, 3.63) is 90.1 Å². The Morgan fingerprint density at radius 3 is 2.50 bits per heavy atom. The summed E-state index contributed by atoms with van der Waals surface area (Å²) in [5.41, 5.74) is 6.85. The molecule has 5 nitrogen and oxygen atoms in total. The van der Waals surface area contributed by atoms with Crippen molar-refractivity contribution in [2.45, 2.75) is 18.9 Å². The molecule has 0 saturated carbocycles. The van der Waals surface area contributed by atoms with Gasteiger partial charge in [-0.1, -0.05) is 78.0 Å². The van der Waals surface area contributed by atoms with Crippen LogP contribution in [0.1, 0.15) is 16.1 Å². The highest BCUT2D eigenvalue weighted by atomic mass is 32.2. The summed E-state index contributed by atoms with van der Waals surface area (Å²) >= 11 is 1.46. The summed E-state index contributed by atoms with van der Waals surface area (Å²) in [7, 11) is 0. The number of benzene rings is 3. The zero-order valence-electron chi connectivity index (χ0n) is 18.9. The van der Waals surface area contributed by atoms with Crippen LogP contribution < -0.4 is 0 Å². The van der Waals surface area contributed by atoms with Gasteiger partial charge in [0.25, 0.3) is 5.91 Å². The van der Waals surface area contributed by atoms with Crippen LogP contribution in [0.25, 0.3) is 44.0 Å². The van der Waals surface area contributed by atoms with Crippen LogP contribution in [0.2, 0.25) is 0 Å². The highest BCUT2D eigenvalue weighted by Crippen LogP contribution is 2.35. The van der Waals surface area contributed by atoms with E-state index in [-0.39, 0.29) is 11.7 Å².